The molecule has 0 atom stereocenters. The molecule has 118 valence electrons. The lowest BCUT2D eigenvalue weighted by Gasteiger charge is -2.06. The van der Waals surface area contributed by atoms with Gasteiger partial charge in [0.2, 0.25) is 0 Å². The molecule has 1 aromatic heterocycles. The topological polar surface area (TPSA) is 48.7 Å². The summed E-state index contributed by atoms with van der Waals surface area (Å²) in [6, 6.07) is 18.4. The lowest BCUT2D eigenvalue weighted by molar-refractivity contribution is 1.35. The Morgan fingerprint density at radius 3 is 2.71 bits per heavy atom. The van der Waals surface area contributed by atoms with Gasteiger partial charge in [-0.2, -0.15) is 5.26 Å². The number of nitrogens with zero attached hydrogens (tertiary/aromatic N) is 2. The lowest BCUT2D eigenvalue weighted by Crippen LogP contribution is -1.94. The van der Waals surface area contributed by atoms with Crippen molar-refractivity contribution < 1.29 is 0 Å². The number of allylic oxidation sites excluding steroid dienone is 1. The first-order valence-electron chi connectivity index (χ1n) is 7.63. The smallest absolute Gasteiger partial charge is 0.136 e. The second-order valence-corrected chi connectivity index (χ2v) is 6.39. The average Bonchev–Trinajstić information content (AvgIpc) is 3.09. The Morgan fingerprint density at radius 1 is 1.17 bits per heavy atom. The summed E-state index contributed by atoms with van der Waals surface area (Å²) >= 11 is 1.48. The van der Waals surface area contributed by atoms with Crippen molar-refractivity contribution in [1.82, 2.24) is 4.98 Å². The third kappa shape index (κ3) is 3.53. The average molecular weight is 331 g/mol. The summed E-state index contributed by atoms with van der Waals surface area (Å²) in [5.74, 6) is 0. The SMILES string of the molecule is Cc1ccc(C)c(N/C=C(/C#N)c2nc(-c3ccccc3)cs2)c1. The summed E-state index contributed by atoms with van der Waals surface area (Å²) in [5.41, 5.74) is 5.79. The molecular weight excluding hydrogens is 314 g/mol. The zero-order chi connectivity index (χ0) is 16.9. The van der Waals surface area contributed by atoms with Crippen molar-refractivity contribution >= 4 is 22.6 Å². The third-order valence-electron chi connectivity index (χ3n) is 3.69. The largest absolute Gasteiger partial charge is 0.360 e. The molecule has 1 heterocycles. The normalized spacial score (nSPS) is 11.1. The van der Waals surface area contributed by atoms with Crippen molar-refractivity contribution in [1.29, 1.82) is 5.26 Å². The van der Waals surface area contributed by atoms with Gasteiger partial charge in [0, 0.05) is 22.8 Å². The van der Waals surface area contributed by atoms with E-state index >= 15 is 0 Å². The van der Waals surface area contributed by atoms with E-state index in [1.54, 1.807) is 6.20 Å². The van der Waals surface area contributed by atoms with E-state index in [1.807, 2.05) is 49.6 Å². The van der Waals surface area contributed by atoms with E-state index in [4.69, 9.17) is 0 Å². The summed E-state index contributed by atoms with van der Waals surface area (Å²) < 4.78 is 0. The summed E-state index contributed by atoms with van der Waals surface area (Å²) in [4.78, 5) is 4.59. The molecule has 24 heavy (non-hydrogen) atoms. The Kier molecular flexibility index (Phi) is 4.74. The quantitative estimate of drug-likeness (QED) is 0.651. The van der Waals surface area contributed by atoms with Crippen LogP contribution in [0.5, 0.6) is 0 Å². The number of nitriles is 1. The Balaban J connectivity index is 1.86. The lowest BCUT2D eigenvalue weighted by atomic mass is 10.1. The van der Waals surface area contributed by atoms with Crippen LogP contribution < -0.4 is 5.32 Å². The van der Waals surface area contributed by atoms with Crippen LogP contribution in [0, 0.1) is 25.2 Å². The molecule has 0 radical (unpaired) electrons. The highest BCUT2D eigenvalue weighted by molar-refractivity contribution is 7.11. The van der Waals surface area contributed by atoms with Crippen LogP contribution in [0.25, 0.3) is 16.8 Å². The number of benzene rings is 2. The van der Waals surface area contributed by atoms with Crippen molar-refractivity contribution in [2.75, 3.05) is 5.32 Å². The number of hydrogen-bond donors (Lipinski definition) is 1. The van der Waals surface area contributed by atoms with Crippen LogP contribution in [-0.4, -0.2) is 4.98 Å². The molecule has 0 aliphatic rings. The first kappa shape index (κ1) is 16.0. The first-order chi connectivity index (χ1) is 11.7. The van der Waals surface area contributed by atoms with E-state index in [0.29, 0.717) is 10.6 Å². The maximum absolute atomic E-state index is 9.47. The molecule has 1 N–H and O–H groups in total. The third-order valence-corrected chi connectivity index (χ3v) is 4.57. The molecule has 0 spiro atoms. The number of hydrogen-bond acceptors (Lipinski definition) is 4. The van der Waals surface area contributed by atoms with Crippen molar-refractivity contribution in [3.63, 3.8) is 0 Å². The predicted octanol–water partition coefficient (Wildman–Crippen LogP) is 5.40. The van der Waals surface area contributed by atoms with Gasteiger partial charge in [-0.1, -0.05) is 42.5 Å². The Bertz CT molecular complexity index is 918. The van der Waals surface area contributed by atoms with E-state index < -0.39 is 0 Å². The van der Waals surface area contributed by atoms with Crippen molar-refractivity contribution in [2.24, 2.45) is 0 Å². The van der Waals surface area contributed by atoms with Gasteiger partial charge >= 0.3 is 0 Å². The van der Waals surface area contributed by atoms with Gasteiger partial charge in [0.1, 0.15) is 16.6 Å². The second kappa shape index (κ2) is 7.12. The van der Waals surface area contributed by atoms with E-state index in [9.17, 15) is 5.26 Å². The Hall–Kier alpha value is -2.90. The van der Waals surface area contributed by atoms with Gasteiger partial charge in [0.05, 0.1) is 5.69 Å². The minimum Gasteiger partial charge on any atom is -0.360 e. The van der Waals surface area contributed by atoms with Crippen LogP contribution in [0.2, 0.25) is 0 Å². The monoisotopic (exact) mass is 331 g/mol. The van der Waals surface area contributed by atoms with Crippen LogP contribution in [0.1, 0.15) is 16.1 Å². The van der Waals surface area contributed by atoms with Crippen LogP contribution in [-0.2, 0) is 0 Å². The number of anilines is 1. The molecule has 2 aromatic carbocycles. The summed E-state index contributed by atoms with van der Waals surface area (Å²) in [7, 11) is 0. The summed E-state index contributed by atoms with van der Waals surface area (Å²) in [5, 5.41) is 15.4. The van der Waals surface area contributed by atoms with E-state index in [2.05, 4.69) is 34.6 Å². The fourth-order valence-corrected chi connectivity index (χ4v) is 3.12. The highest BCUT2D eigenvalue weighted by Crippen LogP contribution is 2.26. The van der Waals surface area contributed by atoms with Gasteiger partial charge in [-0.15, -0.1) is 11.3 Å². The van der Waals surface area contributed by atoms with E-state index in [1.165, 1.54) is 16.9 Å². The van der Waals surface area contributed by atoms with Gasteiger partial charge in [-0.05, 0) is 31.0 Å². The van der Waals surface area contributed by atoms with Crippen LogP contribution in [0.4, 0.5) is 5.69 Å². The van der Waals surface area contributed by atoms with Gasteiger partial charge in [0.25, 0.3) is 0 Å². The fraction of sp³-hybridized carbons (Fsp3) is 0.100. The van der Waals surface area contributed by atoms with Crippen molar-refractivity contribution in [3.8, 4) is 17.3 Å². The molecule has 0 aliphatic heterocycles. The van der Waals surface area contributed by atoms with E-state index in [-0.39, 0.29) is 0 Å². The first-order valence-corrected chi connectivity index (χ1v) is 8.51. The molecular formula is C20H17N3S. The molecule has 3 aromatic rings. The predicted molar refractivity (Wildman–Crippen MR) is 101 cm³/mol. The highest BCUT2D eigenvalue weighted by atomic mass is 32.1. The van der Waals surface area contributed by atoms with Gasteiger partial charge < -0.3 is 5.32 Å². The zero-order valence-electron chi connectivity index (χ0n) is 13.6. The van der Waals surface area contributed by atoms with Crippen LogP contribution in [0.3, 0.4) is 0 Å². The molecule has 3 nitrogen and oxygen atoms in total. The van der Waals surface area contributed by atoms with Crippen LogP contribution in [0.15, 0.2) is 60.1 Å². The van der Waals surface area contributed by atoms with Crippen molar-refractivity contribution in [3.05, 3.63) is 76.2 Å². The van der Waals surface area contributed by atoms with Crippen molar-refractivity contribution in [2.45, 2.75) is 13.8 Å². The molecule has 0 saturated heterocycles. The molecule has 0 amide bonds. The molecule has 0 bridgehead atoms. The number of aryl methyl sites for hydroxylation is 2. The minimum absolute atomic E-state index is 0.531. The molecule has 0 unspecified atom stereocenters. The molecule has 4 heteroatoms. The van der Waals surface area contributed by atoms with Gasteiger partial charge in [-0.3, -0.25) is 0 Å². The number of aromatic nitrogens is 1. The van der Waals surface area contributed by atoms with Crippen LogP contribution >= 0.6 is 11.3 Å². The Morgan fingerprint density at radius 2 is 1.96 bits per heavy atom. The van der Waals surface area contributed by atoms with Gasteiger partial charge in [0.15, 0.2) is 0 Å². The summed E-state index contributed by atoms with van der Waals surface area (Å²) in [6.45, 7) is 4.09. The fourth-order valence-electron chi connectivity index (χ4n) is 2.32. The molecule has 0 aliphatic carbocycles. The zero-order valence-corrected chi connectivity index (χ0v) is 14.4. The molecule has 0 fully saturated rings. The number of thiazole rings is 1. The number of nitrogens with one attached hydrogen (secondary N) is 1. The number of rotatable bonds is 4. The molecule has 3 rings (SSSR count). The minimum atomic E-state index is 0.531. The maximum atomic E-state index is 9.47. The highest BCUT2D eigenvalue weighted by Gasteiger charge is 2.09. The molecule has 0 saturated carbocycles. The van der Waals surface area contributed by atoms with E-state index in [0.717, 1.165) is 22.5 Å². The second-order valence-electron chi connectivity index (χ2n) is 5.54. The maximum Gasteiger partial charge on any atom is 0.136 e. The van der Waals surface area contributed by atoms with Gasteiger partial charge in [-0.25, -0.2) is 4.98 Å². The standard InChI is InChI=1S/C20H17N3S/c1-14-8-9-15(2)18(10-14)22-12-17(11-21)20-23-19(13-24-20)16-6-4-3-5-7-16/h3-10,12-13,22H,1-2H3/b17-12-. The summed E-state index contributed by atoms with van der Waals surface area (Å²) in [6.07, 6.45) is 1.73. The Labute approximate surface area is 145 Å².